The molecule has 0 saturated carbocycles. The molecule has 1 saturated heterocycles. The number of Topliss-reactive ketones (excluding diaryl/α,β-unsaturated/α-hetero) is 1. The summed E-state index contributed by atoms with van der Waals surface area (Å²) < 4.78 is 11.7. The highest BCUT2D eigenvalue weighted by atomic mass is 32.1. The van der Waals surface area contributed by atoms with E-state index in [4.69, 9.17) is 9.47 Å². The Hall–Kier alpha value is -4.36. The Morgan fingerprint density at radius 3 is 2.25 bits per heavy atom. The Morgan fingerprint density at radius 1 is 0.925 bits per heavy atom. The standard InChI is InChI=1S/C33H31NO5S/c1-5-38-26-18-13-21(20-25(26)33(2,3)4)30(35)28-29(27-12-9-19-40-27)34(32(37)31(28)36)22-14-16-24(17-15-22)39-23-10-7-6-8-11-23/h6-20,29,35H,5H2,1-4H3/b30-28-. The average molecular weight is 554 g/mol. The van der Waals surface area contributed by atoms with Crippen LogP contribution in [0.3, 0.4) is 0 Å². The van der Waals surface area contributed by atoms with E-state index < -0.39 is 17.7 Å². The summed E-state index contributed by atoms with van der Waals surface area (Å²) in [7, 11) is 0. The SMILES string of the molecule is CCOc1ccc(/C(O)=C2/C(=O)C(=O)N(c3ccc(Oc4ccccc4)cc3)C2c2cccs2)cc1C(C)(C)C. The number of aliphatic hydroxyl groups excluding tert-OH is 1. The molecule has 1 aliphatic heterocycles. The topological polar surface area (TPSA) is 76.1 Å². The summed E-state index contributed by atoms with van der Waals surface area (Å²) in [6.07, 6.45) is 0. The molecule has 1 aliphatic rings. The molecular formula is C33H31NO5S. The van der Waals surface area contributed by atoms with Crippen LogP contribution in [0.15, 0.2) is 95.9 Å². The number of rotatable bonds is 7. The van der Waals surface area contributed by atoms with Crippen molar-refractivity contribution < 1.29 is 24.2 Å². The van der Waals surface area contributed by atoms with Crippen molar-refractivity contribution in [3.8, 4) is 17.2 Å². The lowest BCUT2D eigenvalue weighted by atomic mass is 9.84. The van der Waals surface area contributed by atoms with E-state index in [1.165, 1.54) is 16.2 Å². The predicted molar refractivity (Wildman–Crippen MR) is 158 cm³/mol. The molecule has 5 rings (SSSR count). The van der Waals surface area contributed by atoms with Gasteiger partial charge in [-0.15, -0.1) is 11.3 Å². The number of amides is 1. The van der Waals surface area contributed by atoms with Crippen molar-refractivity contribution in [2.24, 2.45) is 0 Å². The first-order valence-corrected chi connectivity index (χ1v) is 14.0. The number of nitrogens with zero attached hydrogens (tertiary/aromatic N) is 1. The van der Waals surface area contributed by atoms with Crippen molar-refractivity contribution in [3.63, 3.8) is 0 Å². The highest BCUT2D eigenvalue weighted by Crippen LogP contribution is 2.44. The van der Waals surface area contributed by atoms with Gasteiger partial charge < -0.3 is 14.6 Å². The molecular weight excluding hydrogens is 522 g/mol. The quantitative estimate of drug-likeness (QED) is 0.143. The van der Waals surface area contributed by atoms with Gasteiger partial charge in [0.15, 0.2) is 0 Å². The van der Waals surface area contributed by atoms with Gasteiger partial charge in [0, 0.05) is 21.7 Å². The van der Waals surface area contributed by atoms with E-state index in [9.17, 15) is 14.7 Å². The first-order chi connectivity index (χ1) is 19.2. The van der Waals surface area contributed by atoms with Gasteiger partial charge >= 0.3 is 0 Å². The Labute approximate surface area is 238 Å². The maximum Gasteiger partial charge on any atom is 0.300 e. The van der Waals surface area contributed by atoms with Crippen LogP contribution < -0.4 is 14.4 Å². The summed E-state index contributed by atoms with van der Waals surface area (Å²) in [5.74, 6) is 0.379. The Bertz CT molecular complexity index is 1550. The second-order valence-corrected chi connectivity index (χ2v) is 11.5. The number of hydrogen-bond donors (Lipinski definition) is 1. The van der Waals surface area contributed by atoms with Gasteiger partial charge in [-0.2, -0.15) is 0 Å². The minimum atomic E-state index is -0.773. The Balaban J connectivity index is 1.58. The molecule has 40 heavy (non-hydrogen) atoms. The van der Waals surface area contributed by atoms with E-state index in [1.807, 2.05) is 60.8 Å². The third-order valence-electron chi connectivity index (χ3n) is 6.71. The zero-order valence-corrected chi connectivity index (χ0v) is 23.7. The summed E-state index contributed by atoms with van der Waals surface area (Å²) in [5.41, 5.74) is 1.67. The minimum Gasteiger partial charge on any atom is -0.507 e. The summed E-state index contributed by atoms with van der Waals surface area (Å²) in [4.78, 5) is 29.2. The smallest absolute Gasteiger partial charge is 0.300 e. The number of thiophene rings is 1. The van der Waals surface area contributed by atoms with Gasteiger partial charge in [-0.3, -0.25) is 14.5 Å². The first-order valence-electron chi connectivity index (χ1n) is 13.1. The monoisotopic (exact) mass is 553 g/mol. The minimum absolute atomic E-state index is 0.0566. The molecule has 0 aliphatic carbocycles. The molecule has 4 aromatic rings. The van der Waals surface area contributed by atoms with Gasteiger partial charge in [-0.05, 0) is 78.4 Å². The predicted octanol–water partition coefficient (Wildman–Crippen LogP) is 7.86. The van der Waals surface area contributed by atoms with Crippen LogP contribution in [0.1, 0.15) is 49.7 Å². The van der Waals surface area contributed by atoms with Crippen molar-refractivity contribution in [2.75, 3.05) is 11.5 Å². The maximum absolute atomic E-state index is 13.5. The maximum atomic E-state index is 13.5. The Morgan fingerprint density at radius 2 is 1.62 bits per heavy atom. The number of carbonyl (C=O) groups excluding carboxylic acids is 2. The number of anilines is 1. The highest BCUT2D eigenvalue weighted by molar-refractivity contribution is 7.10. The van der Waals surface area contributed by atoms with Gasteiger partial charge in [-0.1, -0.05) is 45.0 Å². The fraction of sp³-hybridized carbons (Fsp3) is 0.212. The normalized spacial score (nSPS) is 16.8. The van der Waals surface area contributed by atoms with Crippen LogP contribution >= 0.6 is 11.3 Å². The highest BCUT2D eigenvalue weighted by Gasteiger charge is 2.47. The number of aliphatic hydroxyl groups is 1. The molecule has 1 aromatic heterocycles. The number of ketones is 1. The van der Waals surface area contributed by atoms with E-state index in [0.717, 1.165) is 16.2 Å². The summed E-state index contributed by atoms with van der Waals surface area (Å²) in [5, 5.41) is 13.5. The molecule has 204 valence electrons. The van der Waals surface area contributed by atoms with Crippen molar-refractivity contribution in [3.05, 3.63) is 112 Å². The van der Waals surface area contributed by atoms with E-state index in [-0.39, 0.29) is 16.7 Å². The number of ether oxygens (including phenoxy) is 2. The molecule has 0 bridgehead atoms. The van der Waals surface area contributed by atoms with Crippen molar-refractivity contribution >= 4 is 34.5 Å². The van der Waals surface area contributed by atoms with Gasteiger partial charge in [0.05, 0.1) is 12.2 Å². The lowest BCUT2D eigenvalue weighted by molar-refractivity contribution is -0.132. The molecule has 2 heterocycles. The zero-order chi connectivity index (χ0) is 28.4. The molecule has 1 N–H and O–H groups in total. The number of hydrogen-bond acceptors (Lipinski definition) is 6. The van der Waals surface area contributed by atoms with Crippen molar-refractivity contribution in [2.45, 2.75) is 39.2 Å². The summed E-state index contributed by atoms with van der Waals surface area (Å²) >= 11 is 1.42. The second-order valence-electron chi connectivity index (χ2n) is 10.5. The van der Waals surface area contributed by atoms with Crippen LogP contribution in [0.2, 0.25) is 0 Å². The van der Waals surface area contributed by atoms with Crippen LogP contribution in [-0.4, -0.2) is 23.4 Å². The number of benzene rings is 3. The molecule has 1 atom stereocenters. The molecule has 1 amide bonds. The third kappa shape index (κ3) is 5.25. The van der Waals surface area contributed by atoms with Crippen LogP contribution in [0.4, 0.5) is 5.69 Å². The second kappa shape index (κ2) is 11.0. The van der Waals surface area contributed by atoms with Gasteiger partial charge in [0.1, 0.15) is 29.0 Å². The summed E-state index contributed by atoms with van der Waals surface area (Å²) in [6, 6.07) is 24.8. The molecule has 0 radical (unpaired) electrons. The lowest BCUT2D eigenvalue weighted by Crippen LogP contribution is -2.29. The molecule has 7 heteroatoms. The number of carbonyl (C=O) groups is 2. The molecule has 1 unspecified atom stereocenters. The van der Waals surface area contributed by atoms with E-state index in [2.05, 4.69) is 20.8 Å². The van der Waals surface area contributed by atoms with E-state index >= 15 is 0 Å². The van der Waals surface area contributed by atoms with Gasteiger partial charge in [0.2, 0.25) is 0 Å². The van der Waals surface area contributed by atoms with Crippen LogP contribution in [-0.2, 0) is 15.0 Å². The first kappa shape index (κ1) is 27.2. The Kier molecular flexibility index (Phi) is 7.50. The van der Waals surface area contributed by atoms with Crippen LogP contribution in [0.5, 0.6) is 17.2 Å². The fourth-order valence-corrected chi connectivity index (χ4v) is 5.64. The lowest BCUT2D eigenvalue weighted by Gasteiger charge is -2.25. The largest absolute Gasteiger partial charge is 0.507 e. The third-order valence-corrected chi connectivity index (χ3v) is 7.64. The van der Waals surface area contributed by atoms with Crippen LogP contribution in [0.25, 0.3) is 5.76 Å². The van der Waals surface area contributed by atoms with E-state index in [1.54, 1.807) is 36.4 Å². The number of para-hydroxylation sites is 1. The zero-order valence-electron chi connectivity index (χ0n) is 22.9. The molecule has 3 aromatic carbocycles. The van der Waals surface area contributed by atoms with Crippen molar-refractivity contribution in [1.82, 2.24) is 0 Å². The molecule has 0 spiro atoms. The van der Waals surface area contributed by atoms with Gasteiger partial charge in [-0.25, -0.2) is 0 Å². The molecule has 6 nitrogen and oxygen atoms in total. The average Bonchev–Trinajstić information content (AvgIpc) is 3.56. The van der Waals surface area contributed by atoms with Gasteiger partial charge in [0.25, 0.3) is 11.7 Å². The fourth-order valence-electron chi connectivity index (χ4n) is 4.81. The summed E-state index contributed by atoms with van der Waals surface area (Å²) in [6.45, 7) is 8.61. The molecule has 1 fully saturated rings. The van der Waals surface area contributed by atoms with E-state index in [0.29, 0.717) is 29.4 Å². The van der Waals surface area contributed by atoms with Crippen molar-refractivity contribution in [1.29, 1.82) is 0 Å². The van der Waals surface area contributed by atoms with Crippen LogP contribution in [0, 0.1) is 0 Å².